The molecular formula is C26H35N3O5S. The smallest absolute Gasteiger partial charge is 0.407 e. The van der Waals surface area contributed by atoms with Gasteiger partial charge in [-0.3, -0.25) is 9.62 Å². The second kappa shape index (κ2) is 11.8. The van der Waals surface area contributed by atoms with Crippen LogP contribution in [-0.4, -0.2) is 50.9 Å². The van der Waals surface area contributed by atoms with Crippen LogP contribution >= 0.6 is 0 Å². The Morgan fingerprint density at radius 2 is 1.51 bits per heavy atom. The molecule has 4 rings (SSSR count). The molecule has 1 saturated carbocycles. The number of amides is 1. The largest absolute Gasteiger partial charge is 0.457 e. The second-order valence-electron chi connectivity index (χ2n) is 9.50. The number of benzene rings is 2. The third-order valence-electron chi connectivity index (χ3n) is 6.46. The first-order valence-electron chi connectivity index (χ1n) is 12.4. The van der Waals surface area contributed by atoms with Crippen molar-refractivity contribution >= 4 is 21.8 Å². The van der Waals surface area contributed by atoms with Gasteiger partial charge in [0.1, 0.15) is 17.6 Å². The Morgan fingerprint density at radius 3 is 2.11 bits per heavy atom. The molecule has 1 heterocycles. The third kappa shape index (κ3) is 8.43. The first-order valence-corrected chi connectivity index (χ1v) is 14.3. The lowest BCUT2D eigenvalue weighted by atomic mass is 9.96. The van der Waals surface area contributed by atoms with Crippen LogP contribution in [-0.2, 0) is 21.3 Å². The summed E-state index contributed by atoms with van der Waals surface area (Å²) in [5.41, 5.74) is 1.69. The summed E-state index contributed by atoms with van der Waals surface area (Å²) in [5.74, 6) is 1.35. The monoisotopic (exact) mass is 501 g/mol. The average Bonchev–Trinajstić information content (AvgIpc) is 2.82. The predicted molar refractivity (Wildman–Crippen MR) is 136 cm³/mol. The molecule has 0 spiro atoms. The van der Waals surface area contributed by atoms with Crippen LogP contribution in [0.5, 0.6) is 11.5 Å². The van der Waals surface area contributed by atoms with Gasteiger partial charge < -0.3 is 14.8 Å². The van der Waals surface area contributed by atoms with Crippen molar-refractivity contribution in [2.45, 2.75) is 63.6 Å². The molecule has 1 amide bonds. The molecular weight excluding hydrogens is 466 g/mol. The number of rotatable bonds is 8. The first-order chi connectivity index (χ1) is 16.8. The number of ether oxygens (including phenoxy) is 2. The molecule has 9 heteroatoms. The SMILES string of the molecule is CS(=O)(=O)Nc1ccc(Oc2ccc(CN3CCC(OC(=O)NC4CCCCC4)CC3)cc2)cc1. The van der Waals surface area contributed by atoms with Gasteiger partial charge in [-0.25, -0.2) is 13.2 Å². The Hall–Kier alpha value is -2.78. The molecule has 0 atom stereocenters. The molecule has 1 aliphatic heterocycles. The minimum absolute atomic E-state index is 0.00959. The highest BCUT2D eigenvalue weighted by molar-refractivity contribution is 7.92. The predicted octanol–water partition coefficient (Wildman–Crippen LogP) is 4.87. The van der Waals surface area contributed by atoms with E-state index in [2.05, 4.69) is 27.1 Å². The van der Waals surface area contributed by atoms with Crippen molar-refractivity contribution in [3.05, 3.63) is 54.1 Å². The zero-order valence-electron chi connectivity index (χ0n) is 20.2. The van der Waals surface area contributed by atoms with Crippen molar-refractivity contribution in [3.63, 3.8) is 0 Å². The van der Waals surface area contributed by atoms with Gasteiger partial charge >= 0.3 is 6.09 Å². The lowest BCUT2D eigenvalue weighted by Crippen LogP contribution is -2.42. The molecule has 2 aromatic carbocycles. The zero-order chi connectivity index (χ0) is 24.7. The molecule has 0 bridgehead atoms. The normalized spacial score (nSPS) is 18.1. The van der Waals surface area contributed by atoms with Gasteiger partial charge in [-0.1, -0.05) is 31.4 Å². The fourth-order valence-corrected chi connectivity index (χ4v) is 5.21. The summed E-state index contributed by atoms with van der Waals surface area (Å²) in [7, 11) is -3.30. The first kappa shape index (κ1) is 25.3. The van der Waals surface area contributed by atoms with Gasteiger partial charge in [-0.2, -0.15) is 0 Å². The number of sulfonamides is 1. The number of carbonyl (C=O) groups excluding carboxylic acids is 1. The van der Waals surface area contributed by atoms with Crippen molar-refractivity contribution in [1.82, 2.24) is 10.2 Å². The molecule has 0 aromatic heterocycles. The van der Waals surface area contributed by atoms with Gasteiger partial charge in [0.2, 0.25) is 10.0 Å². The van der Waals surface area contributed by atoms with Crippen LogP contribution in [0.1, 0.15) is 50.5 Å². The topological polar surface area (TPSA) is 97.0 Å². The van der Waals surface area contributed by atoms with Crippen LogP contribution in [0.25, 0.3) is 0 Å². The molecule has 2 aromatic rings. The molecule has 0 radical (unpaired) electrons. The average molecular weight is 502 g/mol. The van der Waals surface area contributed by atoms with E-state index >= 15 is 0 Å². The molecule has 190 valence electrons. The van der Waals surface area contributed by atoms with E-state index < -0.39 is 10.0 Å². The van der Waals surface area contributed by atoms with E-state index in [-0.39, 0.29) is 18.2 Å². The fraction of sp³-hybridized carbons (Fsp3) is 0.500. The molecule has 0 unspecified atom stereocenters. The highest BCUT2D eigenvalue weighted by atomic mass is 32.2. The summed E-state index contributed by atoms with van der Waals surface area (Å²) in [6.07, 6.45) is 8.32. The number of carbonyl (C=O) groups is 1. The highest BCUT2D eigenvalue weighted by Gasteiger charge is 2.24. The molecule has 2 aliphatic rings. The van der Waals surface area contributed by atoms with E-state index in [4.69, 9.17) is 9.47 Å². The number of alkyl carbamates (subject to hydrolysis) is 1. The maximum atomic E-state index is 12.2. The Balaban J connectivity index is 1.18. The van der Waals surface area contributed by atoms with Gasteiger partial charge in [0, 0.05) is 31.4 Å². The van der Waals surface area contributed by atoms with E-state index in [0.29, 0.717) is 17.2 Å². The van der Waals surface area contributed by atoms with Crippen LogP contribution < -0.4 is 14.8 Å². The highest BCUT2D eigenvalue weighted by Crippen LogP contribution is 2.25. The lowest BCUT2D eigenvalue weighted by molar-refractivity contribution is 0.0462. The molecule has 35 heavy (non-hydrogen) atoms. The van der Waals surface area contributed by atoms with Crippen molar-refractivity contribution in [2.24, 2.45) is 0 Å². The standard InChI is InChI=1S/C26H35N3O5S/c1-35(31,32)28-22-9-13-24(14-10-22)33-23-11-7-20(8-12-23)19-29-17-15-25(16-18-29)34-26(30)27-21-5-3-2-4-6-21/h7-14,21,25,28H,2-6,15-19H2,1H3,(H,27,30). The summed E-state index contributed by atoms with van der Waals surface area (Å²) in [5, 5.41) is 3.04. The number of nitrogens with one attached hydrogen (secondary N) is 2. The van der Waals surface area contributed by atoms with E-state index in [1.54, 1.807) is 24.3 Å². The van der Waals surface area contributed by atoms with Gasteiger partial charge in [0.05, 0.1) is 6.26 Å². The second-order valence-corrected chi connectivity index (χ2v) is 11.3. The maximum Gasteiger partial charge on any atom is 0.407 e. The lowest BCUT2D eigenvalue weighted by Gasteiger charge is -2.32. The zero-order valence-corrected chi connectivity index (χ0v) is 21.1. The number of piperidine rings is 1. The van der Waals surface area contributed by atoms with E-state index in [9.17, 15) is 13.2 Å². The molecule has 8 nitrogen and oxygen atoms in total. The third-order valence-corrected chi connectivity index (χ3v) is 7.06. The summed E-state index contributed by atoms with van der Waals surface area (Å²) < 4.78 is 36.6. The maximum absolute atomic E-state index is 12.2. The van der Waals surface area contributed by atoms with Crippen molar-refractivity contribution in [3.8, 4) is 11.5 Å². The number of likely N-dealkylation sites (tertiary alicyclic amines) is 1. The number of nitrogens with zero attached hydrogens (tertiary/aromatic N) is 1. The van der Waals surface area contributed by atoms with Crippen LogP contribution in [0, 0.1) is 0 Å². The van der Waals surface area contributed by atoms with Gasteiger partial charge in [0.15, 0.2) is 0 Å². The van der Waals surface area contributed by atoms with Crippen LogP contribution in [0.15, 0.2) is 48.5 Å². The minimum atomic E-state index is -3.30. The Bertz CT molecular complexity index is 1060. The van der Waals surface area contributed by atoms with Crippen molar-refractivity contribution < 1.29 is 22.7 Å². The number of hydrogen-bond donors (Lipinski definition) is 2. The fourth-order valence-electron chi connectivity index (χ4n) is 4.65. The summed E-state index contributed by atoms with van der Waals surface area (Å²) >= 11 is 0. The summed E-state index contributed by atoms with van der Waals surface area (Å²) in [6.45, 7) is 2.63. The number of anilines is 1. The van der Waals surface area contributed by atoms with Crippen LogP contribution in [0.4, 0.5) is 10.5 Å². The van der Waals surface area contributed by atoms with Crippen molar-refractivity contribution in [1.29, 1.82) is 0 Å². The minimum Gasteiger partial charge on any atom is -0.457 e. The van der Waals surface area contributed by atoms with Gasteiger partial charge in [-0.15, -0.1) is 0 Å². The molecule has 2 N–H and O–H groups in total. The van der Waals surface area contributed by atoms with Gasteiger partial charge in [0.25, 0.3) is 0 Å². The summed E-state index contributed by atoms with van der Waals surface area (Å²) in [6, 6.07) is 15.0. The van der Waals surface area contributed by atoms with Crippen LogP contribution in [0.2, 0.25) is 0 Å². The van der Waals surface area contributed by atoms with Crippen LogP contribution in [0.3, 0.4) is 0 Å². The Morgan fingerprint density at radius 1 is 0.914 bits per heavy atom. The summed E-state index contributed by atoms with van der Waals surface area (Å²) in [4.78, 5) is 14.6. The molecule has 2 fully saturated rings. The van der Waals surface area contributed by atoms with Crippen molar-refractivity contribution in [2.75, 3.05) is 24.1 Å². The molecule has 1 saturated heterocycles. The Kier molecular flexibility index (Phi) is 8.51. The number of hydrogen-bond acceptors (Lipinski definition) is 6. The van der Waals surface area contributed by atoms with E-state index in [1.165, 1.54) is 24.8 Å². The van der Waals surface area contributed by atoms with E-state index in [1.807, 2.05) is 12.1 Å². The quantitative estimate of drug-likeness (QED) is 0.536. The Labute approximate surface area is 208 Å². The van der Waals surface area contributed by atoms with E-state index in [0.717, 1.165) is 51.6 Å². The van der Waals surface area contributed by atoms with Gasteiger partial charge in [-0.05, 0) is 67.6 Å². The molecule has 1 aliphatic carbocycles.